The molecule has 5 nitrogen and oxygen atoms in total. The highest BCUT2D eigenvalue weighted by Crippen LogP contribution is 2.28. The van der Waals surface area contributed by atoms with Crippen molar-refractivity contribution in [2.45, 2.75) is 50.5 Å². The highest BCUT2D eigenvalue weighted by Gasteiger charge is 2.37. The number of amides is 1. The molecule has 8 heteroatoms. The van der Waals surface area contributed by atoms with Gasteiger partial charge in [0.25, 0.3) is 0 Å². The summed E-state index contributed by atoms with van der Waals surface area (Å²) in [6, 6.07) is 1.19. The zero-order chi connectivity index (χ0) is 15.0. The van der Waals surface area contributed by atoms with E-state index in [1.165, 1.54) is 10.9 Å². The Balaban J connectivity index is 1.98. The van der Waals surface area contributed by atoms with Crippen LogP contribution in [0.15, 0.2) is 12.3 Å². The number of nitrogens with two attached hydrogens (primary N) is 1. The highest BCUT2D eigenvalue weighted by molar-refractivity contribution is 5.84. The van der Waals surface area contributed by atoms with Crippen LogP contribution in [0.25, 0.3) is 0 Å². The quantitative estimate of drug-likeness (QED) is 0.829. The van der Waals surface area contributed by atoms with Crippen molar-refractivity contribution in [1.82, 2.24) is 15.1 Å². The third-order valence-corrected chi connectivity index (χ3v) is 3.42. The predicted molar refractivity (Wildman–Crippen MR) is 65.6 cm³/mol. The molecule has 112 valence electrons. The number of alkyl halides is 3. The van der Waals surface area contributed by atoms with Crippen molar-refractivity contribution < 1.29 is 18.0 Å². The number of nitrogens with one attached hydrogen (secondary N) is 1. The fourth-order valence-corrected chi connectivity index (χ4v) is 1.92. The van der Waals surface area contributed by atoms with Crippen LogP contribution in [0.3, 0.4) is 0 Å². The first-order chi connectivity index (χ1) is 9.21. The molecule has 1 heterocycles. The minimum Gasteiger partial charge on any atom is -0.368 e. The van der Waals surface area contributed by atoms with E-state index in [0.717, 1.165) is 18.9 Å². The van der Waals surface area contributed by atoms with Crippen LogP contribution in [-0.4, -0.2) is 27.3 Å². The smallest absolute Gasteiger partial charge is 0.368 e. The summed E-state index contributed by atoms with van der Waals surface area (Å²) in [5.41, 5.74) is 3.51. The minimum absolute atomic E-state index is 0.190. The molecule has 3 N–H and O–H groups in total. The zero-order valence-electron chi connectivity index (χ0n) is 11.1. The van der Waals surface area contributed by atoms with Crippen LogP contribution >= 0.6 is 0 Å². The number of nitrogens with zero attached hydrogens (tertiary/aromatic N) is 2. The Morgan fingerprint density at radius 3 is 2.65 bits per heavy atom. The molecule has 0 spiro atoms. The van der Waals surface area contributed by atoms with E-state index in [0.29, 0.717) is 0 Å². The topological polar surface area (TPSA) is 72.9 Å². The second-order valence-electron chi connectivity index (χ2n) is 5.33. The molecular formula is C12H17F3N4O. The lowest BCUT2D eigenvalue weighted by atomic mass is 9.96. The fraction of sp³-hybridized carbons (Fsp3) is 0.667. The zero-order valence-corrected chi connectivity index (χ0v) is 11.1. The van der Waals surface area contributed by atoms with Gasteiger partial charge < -0.3 is 11.1 Å². The van der Waals surface area contributed by atoms with Crippen molar-refractivity contribution in [2.75, 3.05) is 0 Å². The van der Waals surface area contributed by atoms with Crippen molar-refractivity contribution in [3.63, 3.8) is 0 Å². The molecule has 0 bridgehead atoms. The number of hydrogen-bond acceptors (Lipinski definition) is 3. The van der Waals surface area contributed by atoms with Gasteiger partial charge in [-0.15, -0.1) is 0 Å². The van der Waals surface area contributed by atoms with Gasteiger partial charge in [-0.2, -0.15) is 18.3 Å². The molecule has 1 amide bonds. The molecule has 1 aromatic heterocycles. The number of carbonyl (C=O) groups excluding carboxylic acids is 1. The average Bonchev–Trinajstić information content (AvgIpc) is 2.99. The summed E-state index contributed by atoms with van der Waals surface area (Å²) in [5.74, 6) is -0.507. The van der Waals surface area contributed by atoms with Gasteiger partial charge in [0.05, 0.1) is 5.54 Å². The Morgan fingerprint density at radius 1 is 1.55 bits per heavy atom. The molecule has 1 saturated carbocycles. The Kier molecular flexibility index (Phi) is 3.77. The van der Waals surface area contributed by atoms with Crippen molar-refractivity contribution in [2.24, 2.45) is 5.73 Å². The summed E-state index contributed by atoms with van der Waals surface area (Å²) in [5, 5.41) is 6.59. The number of hydrogen-bond donors (Lipinski definition) is 2. The summed E-state index contributed by atoms with van der Waals surface area (Å²) in [4.78, 5) is 11.5. The summed E-state index contributed by atoms with van der Waals surface area (Å²) in [7, 11) is 0. The summed E-state index contributed by atoms with van der Waals surface area (Å²) < 4.78 is 38.4. The van der Waals surface area contributed by atoms with E-state index in [9.17, 15) is 18.0 Å². The first-order valence-electron chi connectivity index (χ1n) is 6.39. The van der Waals surface area contributed by atoms with E-state index < -0.39 is 23.3 Å². The van der Waals surface area contributed by atoms with E-state index >= 15 is 0 Å². The molecular weight excluding hydrogens is 273 g/mol. The van der Waals surface area contributed by atoms with Gasteiger partial charge in [-0.05, 0) is 32.3 Å². The molecule has 1 atom stereocenters. The lowest BCUT2D eigenvalue weighted by Gasteiger charge is -2.27. The van der Waals surface area contributed by atoms with Crippen molar-refractivity contribution in [3.05, 3.63) is 18.0 Å². The molecule has 0 aliphatic heterocycles. The molecule has 2 rings (SSSR count). The maximum Gasteiger partial charge on any atom is 0.435 e. The molecule has 1 aliphatic rings. The predicted octanol–water partition coefficient (Wildman–Crippen LogP) is 1.29. The van der Waals surface area contributed by atoms with Crippen LogP contribution in [0.4, 0.5) is 13.2 Å². The normalized spacial score (nSPS) is 18.8. The molecule has 1 unspecified atom stereocenters. The van der Waals surface area contributed by atoms with E-state index in [-0.39, 0.29) is 19.0 Å². The lowest BCUT2D eigenvalue weighted by molar-refractivity contribution is -0.141. The Hall–Kier alpha value is -1.57. The van der Waals surface area contributed by atoms with Crippen LogP contribution in [0, 0.1) is 0 Å². The first-order valence-corrected chi connectivity index (χ1v) is 6.39. The molecule has 0 aromatic carbocycles. The number of rotatable bonds is 6. The molecule has 1 fully saturated rings. The monoisotopic (exact) mass is 290 g/mol. The van der Waals surface area contributed by atoms with Gasteiger partial charge in [-0.3, -0.25) is 9.48 Å². The fourth-order valence-electron chi connectivity index (χ4n) is 1.92. The Bertz CT molecular complexity index is 495. The van der Waals surface area contributed by atoms with Crippen molar-refractivity contribution >= 4 is 5.91 Å². The minimum atomic E-state index is -4.45. The van der Waals surface area contributed by atoms with Crippen LogP contribution < -0.4 is 11.1 Å². The first kappa shape index (κ1) is 14.8. The second-order valence-corrected chi connectivity index (χ2v) is 5.33. The average molecular weight is 290 g/mol. The largest absolute Gasteiger partial charge is 0.435 e. The number of halogens is 3. The van der Waals surface area contributed by atoms with E-state index in [1.807, 2.05) is 0 Å². The van der Waals surface area contributed by atoms with Gasteiger partial charge in [0.15, 0.2) is 5.69 Å². The van der Waals surface area contributed by atoms with Crippen LogP contribution in [0.5, 0.6) is 0 Å². The van der Waals surface area contributed by atoms with Gasteiger partial charge in [-0.1, -0.05) is 0 Å². The summed E-state index contributed by atoms with van der Waals surface area (Å²) in [6.45, 7) is 1.86. The van der Waals surface area contributed by atoms with Gasteiger partial charge in [0.2, 0.25) is 5.91 Å². The van der Waals surface area contributed by atoms with Gasteiger partial charge in [0.1, 0.15) is 0 Å². The van der Waals surface area contributed by atoms with Crippen LogP contribution in [0.2, 0.25) is 0 Å². The van der Waals surface area contributed by atoms with Gasteiger partial charge in [0, 0.05) is 18.8 Å². The molecule has 0 radical (unpaired) electrons. The maximum absolute atomic E-state index is 12.4. The van der Waals surface area contributed by atoms with Gasteiger partial charge in [-0.25, -0.2) is 0 Å². The molecule has 20 heavy (non-hydrogen) atoms. The van der Waals surface area contributed by atoms with Crippen molar-refractivity contribution in [1.29, 1.82) is 0 Å². The summed E-state index contributed by atoms with van der Waals surface area (Å²) >= 11 is 0. The van der Waals surface area contributed by atoms with Crippen LogP contribution in [-0.2, 0) is 17.5 Å². The summed E-state index contributed by atoms with van der Waals surface area (Å²) in [6.07, 6.45) is -0.935. The van der Waals surface area contributed by atoms with Crippen LogP contribution in [0.1, 0.15) is 31.9 Å². The third-order valence-electron chi connectivity index (χ3n) is 3.42. The molecule has 0 saturated heterocycles. The lowest BCUT2D eigenvalue weighted by Crippen LogP contribution is -2.54. The number of carbonyl (C=O) groups is 1. The SMILES string of the molecule is CC(CCn1ccc(C(F)(F)F)n1)(NC1CC1)C(N)=O. The molecule has 1 aliphatic carbocycles. The number of aromatic nitrogens is 2. The number of aryl methyl sites for hydroxylation is 1. The third kappa shape index (κ3) is 3.50. The number of primary amides is 1. The van der Waals surface area contributed by atoms with Crippen molar-refractivity contribution in [3.8, 4) is 0 Å². The van der Waals surface area contributed by atoms with E-state index in [1.54, 1.807) is 6.92 Å². The second kappa shape index (κ2) is 5.08. The Morgan fingerprint density at radius 2 is 2.20 bits per heavy atom. The standard InChI is InChI=1S/C12H17F3N4O/c1-11(10(16)20,17-8-2-3-8)5-7-19-6-4-9(18-19)12(13,14)15/h4,6,8,17H,2-3,5,7H2,1H3,(H2,16,20). The van der Waals surface area contributed by atoms with E-state index in [2.05, 4.69) is 10.4 Å². The Labute approximate surface area is 114 Å². The highest BCUT2D eigenvalue weighted by atomic mass is 19.4. The molecule has 1 aromatic rings. The van der Waals surface area contributed by atoms with Gasteiger partial charge >= 0.3 is 6.18 Å². The van der Waals surface area contributed by atoms with E-state index in [4.69, 9.17) is 5.73 Å². The maximum atomic E-state index is 12.4.